The summed E-state index contributed by atoms with van der Waals surface area (Å²) in [4.78, 5) is 148. The number of aliphatic hydroxyl groups excluding tert-OH is 1. The average Bonchev–Trinajstić information content (AvgIpc) is 2.06. The van der Waals surface area contributed by atoms with Gasteiger partial charge in [-0.1, -0.05) is 83.4 Å². The Morgan fingerprint density at radius 3 is 2.07 bits per heavy atom. The number of halogens is 1. The van der Waals surface area contributed by atoms with Gasteiger partial charge in [0.15, 0.2) is 17.3 Å². The Balaban J connectivity index is 1.23. The molecule has 4 saturated heterocycles. The van der Waals surface area contributed by atoms with Gasteiger partial charge in [0, 0.05) is 120 Å². The maximum Gasteiger partial charge on any atom is 0.317 e. The van der Waals surface area contributed by atoms with Gasteiger partial charge in [-0.3, -0.25) is 57.7 Å². The summed E-state index contributed by atoms with van der Waals surface area (Å²) in [5.74, 6) is -9.82. The number of phenolic OH excluding ortho intramolecular Hbond substituents is 1. The van der Waals surface area contributed by atoms with Crippen molar-refractivity contribution in [2.45, 2.75) is 122 Å². The van der Waals surface area contributed by atoms with Crippen molar-refractivity contribution in [1.82, 2.24) is 45.8 Å². The number of aliphatic hydroxyl groups is 1. The summed E-state index contributed by atoms with van der Waals surface area (Å²) in [6, 6.07) is 9.06. The number of rotatable bonds is 19. The van der Waals surface area contributed by atoms with E-state index >= 15 is 4.79 Å². The SMILES string of the molecule is CC(C)C[C@@H]1CC(=O)CNC(=O)[C@H](Cc2ccc(O)c(Cl)c2)CC(=O)[C@@H]2C[C@@H](O)CN2C(=O)[C@@H](NC(=O)[C@@H](CCC(=O)O)CC(=O)[C@H](Cc2ccccc2)NC(=O)CN2CCCN3CCN(CCCN(CC(=O)O)CC3)CC2)CSSC[C@@H](C)NC1=O. The summed E-state index contributed by atoms with van der Waals surface area (Å²) in [5, 5.41) is 52.0. The van der Waals surface area contributed by atoms with Crippen LogP contribution in [0.3, 0.4) is 0 Å². The van der Waals surface area contributed by atoms with Crippen LogP contribution in [0.15, 0.2) is 48.5 Å². The van der Waals surface area contributed by atoms with Crippen molar-refractivity contribution >= 4 is 92.0 Å². The standard InChI is InChI=1S/C61H88ClN9O14S2/c1-39(2)25-44-29-46(72)33-63-58(82)45(26-42-11-13-52(74)48(62)27-42)31-54(76)51-32-47(73)34-71(51)61(85)50(38-87-86-37-40(3)64-60(44)84)66-59(83)43(12-14-56(78)79)30-53(75)49(28-41-9-5-4-6-10-41)65-55(77)35-69-17-7-15-68-20-19-67(21-23-69)16-8-18-70(24-22-68)36-57(80)81/h4-6,9-11,13,27,39-40,43-45,47,49-51,73-74H,7-8,12,14-26,28-38H2,1-3H3,(H,63,82)(H,64,84)(H,65,77)(H,66,83)(H,78,79)(H,80,81)/t40-,43+,44-,45-,47-,49+,50+,51+/m1/s1. The molecule has 0 spiro atoms. The van der Waals surface area contributed by atoms with Gasteiger partial charge in [-0.2, -0.15) is 0 Å². The van der Waals surface area contributed by atoms with E-state index in [2.05, 4.69) is 36.0 Å². The molecule has 8 N–H and O–H groups in total. The van der Waals surface area contributed by atoms with Crippen LogP contribution < -0.4 is 21.3 Å². The van der Waals surface area contributed by atoms with Gasteiger partial charge in [-0.05, 0) is 94.3 Å². The van der Waals surface area contributed by atoms with Crippen LogP contribution in [0.2, 0.25) is 5.02 Å². The molecular weight excluding hydrogens is 1180 g/mol. The van der Waals surface area contributed by atoms with Crippen LogP contribution in [-0.2, 0) is 60.8 Å². The zero-order valence-electron chi connectivity index (χ0n) is 50.2. The minimum atomic E-state index is -1.41. The second kappa shape index (κ2) is 35.5. The fraction of sp³-hybridized carbons (Fsp3) is 0.639. The van der Waals surface area contributed by atoms with Crippen molar-refractivity contribution in [1.29, 1.82) is 0 Å². The van der Waals surface area contributed by atoms with Gasteiger partial charge < -0.3 is 56.4 Å². The number of fused-ring (bicyclic) bond motifs is 4. The first-order chi connectivity index (χ1) is 41.5. The van der Waals surface area contributed by atoms with Crippen LogP contribution in [0.5, 0.6) is 5.75 Å². The van der Waals surface area contributed by atoms with Gasteiger partial charge in [0.25, 0.3) is 0 Å². The summed E-state index contributed by atoms with van der Waals surface area (Å²) in [5.41, 5.74) is 1.19. The molecule has 2 aromatic rings. The number of hydrogen-bond acceptors (Lipinski definition) is 18. The van der Waals surface area contributed by atoms with Gasteiger partial charge in [0.05, 0.1) is 42.8 Å². The number of aromatic hydroxyl groups is 1. The zero-order valence-corrected chi connectivity index (χ0v) is 52.6. The molecule has 4 heterocycles. The third-order valence-corrected chi connectivity index (χ3v) is 19.2. The molecule has 23 nitrogen and oxygen atoms in total. The Morgan fingerprint density at radius 2 is 1.43 bits per heavy atom. The van der Waals surface area contributed by atoms with Crippen molar-refractivity contribution in [3.8, 4) is 5.75 Å². The van der Waals surface area contributed by atoms with Crippen LogP contribution in [0.4, 0.5) is 0 Å². The first kappa shape index (κ1) is 70.4. The second-order valence-corrected chi connectivity index (χ2v) is 27.0. The lowest BCUT2D eigenvalue weighted by atomic mass is 9.90. The van der Waals surface area contributed by atoms with Gasteiger partial charge in [-0.25, -0.2) is 0 Å². The third-order valence-electron chi connectivity index (χ3n) is 16.3. The first-order valence-corrected chi connectivity index (χ1v) is 33.2. The number of Topliss-reactive ketones (excluding diaryl/α,β-unsaturated/α-hetero) is 3. The quantitative estimate of drug-likeness (QED) is 0.0937. The largest absolute Gasteiger partial charge is 0.506 e. The lowest BCUT2D eigenvalue weighted by Gasteiger charge is -2.35. The molecule has 5 amide bonds. The van der Waals surface area contributed by atoms with Crippen molar-refractivity contribution in [3.63, 3.8) is 0 Å². The summed E-state index contributed by atoms with van der Waals surface area (Å²) >= 11 is 6.24. The molecule has 2 aromatic carbocycles. The maximum absolute atomic E-state index is 15.0. The molecule has 87 heavy (non-hydrogen) atoms. The molecule has 0 aromatic heterocycles. The fourth-order valence-corrected chi connectivity index (χ4v) is 14.3. The number of benzene rings is 2. The molecule has 4 aliphatic rings. The molecule has 10 atom stereocenters. The Labute approximate surface area is 522 Å². The van der Waals surface area contributed by atoms with E-state index < -0.39 is 127 Å². The third kappa shape index (κ3) is 24.0. The predicted octanol–water partition coefficient (Wildman–Crippen LogP) is 2.52. The monoisotopic (exact) mass is 1270 g/mol. The highest BCUT2D eigenvalue weighted by atomic mass is 35.5. The summed E-state index contributed by atoms with van der Waals surface area (Å²) in [6.07, 6.45) is -1.48. The van der Waals surface area contributed by atoms with Gasteiger partial charge >= 0.3 is 11.9 Å². The number of carboxylic acids is 2. The van der Waals surface area contributed by atoms with Crippen LogP contribution in [0, 0.1) is 23.7 Å². The Morgan fingerprint density at radius 1 is 0.770 bits per heavy atom. The summed E-state index contributed by atoms with van der Waals surface area (Å²) in [6.45, 7) is 11.8. The summed E-state index contributed by atoms with van der Waals surface area (Å²) in [7, 11) is 2.47. The Kier molecular flexibility index (Phi) is 28.7. The highest BCUT2D eigenvalue weighted by molar-refractivity contribution is 8.76. The molecule has 6 rings (SSSR count). The number of nitrogens with one attached hydrogen (secondary N) is 4. The van der Waals surface area contributed by atoms with Crippen LogP contribution >= 0.6 is 33.2 Å². The van der Waals surface area contributed by atoms with Gasteiger partial charge in [0.1, 0.15) is 11.8 Å². The molecule has 0 aliphatic carbocycles. The normalized spacial score (nSPS) is 25.7. The number of carboxylic acid groups (broad SMARTS) is 2. The zero-order chi connectivity index (χ0) is 63.2. The molecule has 480 valence electrons. The summed E-state index contributed by atoms with van der Waals surface area (Å²) < 4.78 is 0. The minimum absolute atomic E-state index is 0.00366. The maximum atomic E-state index is 15.0. The number of carbonyl (C=O) groups excluding carboxylic acids is 8. The van der Waals surface area contributed by atoms with Crippen molar-refractivity contribution in [2.24, 2.45) is 23.7 Å². The number of nitrogens with zero attached hydrogens (tertiary/aromatic N) is 5. The second-order valence-electron chi connectivity index (χ2n) is 24.0. The first-order valence-electron chi connectivity index (χ1n) is 30.3. The molecule has 2 unspecified atom stereocenters. The highest BCUT2D eigenvalue weighted by Gasteiger charge is 2.43. The van der Waals surface area contributed by atoms with Crippen molar-refractivity contribution in [3.05, 3.63) is 64.7 Å². The minimum Gasteiger partial charge on any atom is -0.506 e. The number of amides is 5. The number of aliphatic carboxylic acids is 2. The van der Waals surface area contributed by atoms with Gasteiger partial charge in [-0.15, -0.1) is 0 Å². The Bertz CT molecular complexity index is 2700. The number of carbonyl (C=O) groups is 10. The van der Waals surface area contributed by atoms with E-state index in [0.717, 1.165) is 49.5 Å². The smallest absolute Gasteiger partial charge is 0.317 e. The van der Waals surface area contributed by atoms with Crippen molar-refractivity contribution < 1.29 is 68.4 Å². The van der Waals surface area contributed by atoms with Crippen molar-refractivity contribution in [2.75, 3.05) is 103 Å². The van der Waals surface area contributed by atoms with E-state index in [1.54, 1.807) is 31.2 Å². The molecule has 0 radical (unpaired) electrons. The van der Waals surface area contributed by atoms with Gasteiger partial charge in [0.2, 0.25) is 29.5 Å². The Hall–Kier alpha value is -5.67. The highest BCUT2D eigenvalue weighted by Crippen LogP contribution is 2.30. The number of hydrogen-bond donors (Lipinski definition) is 8. The van der Waals surface area contributed by atoms with Crippen LogP contribution in [-0.4, -0.2) is 237 Å². The predicted molar refractivity (Wildman–Crippen MR) is 331 cm³/mol. The molecule has 26 heteroatoms. The van der Waals surface area contributed by atoms with Crippen LogP contribution in [0.1, 0.15) is 89.7 Å². The fourth-order valence-electron chi connectivity index (χ4n) is 11.7. The lowest BCUT2D eigenvalue weighted by molar-refractivity contribution is -0.142. The molecule has 0 saturated carbocycles. The number of phenols is 1. The molecule has 4 aliphatic heterocycles. The van der Waals surface area contributed by atoms with E-state index in [4.69, 9.17) is 11.6 Å². The molecular formula is C61H88ClN9O14S2. The van der Waals surface area contributed by atoms with E-state index in [-0.39, 0.29) is 80.1 Å². The van der Waals surface area contributed by atoms with E-state index in [1.165, 1.54) is 39.8 Å². The van der Waals surface area contributed by atoms with E-state index in [9.17, 15) is 63.6 Å². The lowest BCUT2D eigenvalue weighted by Crippen LogP contribution is -2.54. The number of ketones is 3. The van der Waals surface area contributed by atoms with E-state index in [0.29, 0.717) is 57.0 Å². The average molecular weight is 1270 g/mol. The molecule has 2 bridgehead atoms. The molecule has 4 fully saturated rings. The topological polar surface area (TPSA) is 316 Å². The van der Waals surface area contributed by atoms with Crippen LogP contribution in [0.25, 0.3) is 0 Å². The van der Waals surface area contributed by atoms with E-state index in [1.807, 2.05) is 24.8 Å².